The highest BCUT2D eigenvalue weighted by molar-refractivity contribution is 9.11. The van der Waals surface area contributed by atoms with E-state index in [2.05, 4.69) is 62.1 Å². The SMILES string of the molecule is Cc1ccc(Cn2nc(C)c(Br)c2N)c(Br)c1. The van der Waals surface area contributed by atoms with Crippen molar-refractivity contribution in [1.82, 2.24) is 9.78 Å². The first-order chi connectivity index (χ1) is 7.99. The number of nitrogens with two attached hydrogens (primary N) is 1. The first-order valence-electron chi connectivity index (χ1n) is 5.22. The Morgan fingerprint density at radius 1 is 1.29 bits per heavy atom. The molecule has 0 aliphatic heterocycles. The predicted molar refractivity (Wildman–Crippen MR) is 77.1 cm³/mol. The summed E-state index contributed by atoms with van der Waals surface area (Å²) in [6.07, 6.45) is 0. The maximum Gasteiger partial charge on any atom is 0.136 e. The van der Waals surface area contributed by atoms with Crippen molar-refractivity contribution in [3.05, 3.63) is 44.0 Å². The molecule has 0 amide bonds. The lowest BCUT2D eigenvalue weighted by Gasteiger charge is -2.07. The van der Waals surface area contributed by atoms with Crippen LogP contribution in [-0.4, -0.2) is 9.78 Å². The summed E-state index contributed by atoms with van der Waals surface area (Å²) in [7, 11) is 0. The Kier molecular flexibility index (Phi) is 3.58. The van der Waals surface area contributed by atoms with Gasteiger partial charge in [0.25, 0.3) is 0 Å². The van der Waals surface area contributed by atoms with E-state index in [0.29, 0.717) is 12.4 Å². The standard InChI is InChI=1S/C12H13Br2N3/c1-7-3-4-9(10(13)5-7)6-17-12(15)11(14)8(2)16-17/h3-5H,6,15H2,1-2H3. The van der Waals surface area contributed by atoms with Crippen LogP contribution in [0.25, 0.3) is 0 Å². The highest BCUT2D eigenvalue weighted by Crippen LogP contribution is 2.25. The largest absolute Gasteiger partial charge is 0.383 e. The van der Waals surface area contributed by atoms with Crippen molar-refractivity contribution in [3.63, 3.8) is 0 Å². The summed E-state index contributed by atoms with van der Waals surface area (Å²) >= 11 is 6.98. The Hall–Kier alpha value is -0.810. The number of nitrogen functional groups attached to an aromatic ring is 1. The fourth-order valence-corrected chi connectivity index (χ4v) is 2.54. The van der Waals surface area contributed by atoms with Crippen molar-refractivity contribution in [2.75, 3.05) is 5.73 Å². The minimum atomic E-state index is 0.662. The van der Waals surface area contributed by atoms with Crippen LogP contribution in [-0.2, 0) is 6.54 Å². The normalized spacial score (nSPS) is 10.8. The van der Waals surface area contributed by atoms with Gasteiger partial charge in [-0.2, -0.15) is 5.10 Å². The summed E-state index contributed by atoms with van der Waals surface area (Å²) in [4.78, 5) is 0. The molecule has 1 aromatic carbocycles. The second-order valence-electron chi connectivity index (χ2n) is 4.04. The van der Waals surface area contributed by atoms with E-state index in [0.717, 1.165) is 20.2 Å². The zero-order chi connectivity index (χ0) is 12.6. The average Bonchev–Trinajstić information content (AvgIpc) is 2.50. The van der Waals surface area contributed by atoms with Gasteiger partial charge in [-0.25, -0.2) is 4.68 Å². The van der Waals surface area contributed by atoms with E-state index in [1.54, 1.807) is 4.68 Å². The summed E-state index contributed by atoms with van der Waals surface area (Å²) in [6, 6.07) is 6.27. The van der Waals surface area contributed by atoms with E-state index >= 15 is 0 Å². The van der Waals surface area contributed by atoms with Crippen LogP contribution in [0.3, 0.4) is 0 Å². The van der Waals surface area contributed by atoms with Crippen LogP contribution in [0.1, 0.15) is 16.8 Å². The molecule has 0 radical (unpaired) electrons. The molecule has 2 rings (SSSR count). The lowest BCUT2D eigenvalue weighted by Crippen LogP contribution is -2.06. The molecule has 0 saturated carbocycles. The van der Waals surface area contributed by atoms with Gasteiger partial charge in [-0.1, -0.05) is 28.1 Å². The van der Waals surface area contributed by atoms with Gasteiger partial charge < -0.3 is 5.73 Å². The molecule has 17 heavy (non-hydrogen) atoms. The molecular formula is C12H13Br2N3. The van der Waals surface area contributed by atoms with Crippen molar-refractivity contribution in [2.24, 2.45) is 0 Å². The van der Waals surface area contributed by atoms with Gasteiger partial charge in [0.05, 0.1) is 16.7 Å². The number of aromatic nitrogens is 2. The number of hydrogen-bond donors (Lipinski definition) is 1. The third-order valence-electron chi connectivity index (χ3n) is 2.62. The van der Waals surface area contributed by atoms with Crippen molar-refractivity contribution in [1.29, 1.82) is 0 Å². The van der Waals surface area contributed by atoms with Crippen LogP contribution in [0.2, 0.25) is 0 Å². The molecule has 0 fully saturated rings. The number of benzene rings is 1. The summed E-state index contributed by atoms with van der Waals surface area (Å²) < 4.78 is 3.76. The zero-order valence-corrected chi connectivity index (χ0v) is 12.8. The second-order valence-corrected chi connectivity index (χ2v) is 5.68. The molecule has 1 aromatic heterocycles. The fourth-order valence-electron chi connectivity index (χ4n) is 1.64. The van der Waals surface area contributed by atoms with Gasteiger partial charge in [-0.05, 0) is 47.0 Å². The molecule has 2 aromatic rings. The molecule has 0 aliphatic rings. The summed E-state index contributed by atoms with van der Waals surface area (Å²) in [5, 5.41) is 4.39. The first kappa shape index (κ1) is 12.6. The van der Waals surface area contributed by atoms with Crippen molar-refractivity contribution in [2.45, 2.75) is 20.4 Å². The molecule has 0 saturated heterocycles. The van der Waals surface area contributed by atoms with Crippen molar-refractivity contribution < 1.29 is 0 Å². The maximum absolute atomic E-state index is 5.97. The van der Waals surface area contributed by atoms with Gasteiger partial charge in [0.1, 0.15) is 5.82 Å². The molecule has 3 nitrogen and oxygen atoms in total. The number of aryl methyl sites for hydroxylation is 2. The van der Waals surface area contributed by atoms with Crippen LogP contribution in [0.5, 0.6) is 0 Å². The Balaban J connectivity index is 2.34. The summed E-state index contributed by atoms with van der Waals surface area (Å²) in [5.41, 5.74) is 9.27. The number of halogens is 2. The lowest BCUT2D eigenvalue weighted by atomic mass is 10.1. The number of rotatable bonds is 2. The first-order valence-corrected chi connectivity index (χ1v) is 6.81. The highest BCUT2D eigenvalue weighted by Gasteiger charge is 2.11. The molecule has 0 atom stereocenters. The van der Waals surface area contributed by atoms with Gasteiger partial charge in [0.2, 0.25) is 0 Å². The van der Waals surface area contributed by atoms with Gasteiger partial charge >= 0.3 is 0 Å². The quantitative estimate of drug-likeness (QED) is 0.890. The van der Waals surface area contributed by atoms with Crippen LogP contribution in [0.4, 0.5) is 5.82 Å². The number of nitrogens with zero attached hydrogens (tertiary/aromatic N) is 2. The van der Waals surface area contributed by atoms with E-state index in [9.17, 15) is 0 Å². The third kappa shape index (κ3) is 2.55. The van der Waals surface area contributed by atoms with Gasteiger partial charge in [-0.15, -0.1) is 0 Å². The molecule has 0 spiro atoms. The Morgan fingerprint density at radius 2 is 2.00 bits per heavy atom. The third-order valence-corrected chi connectivity index (χ3v) is 4.34. The average molecular weight is 359 g/mol. The van der Waals surface area contributed by atoms with E-state index in [1.807, 2.05) is 6.92 Å². The van der Waals surface area contributed by atoms with E-state index in [4.69, 9.17) is 5.73 Å². The smallest absolute Gasteiger partial charge is 0.136 e. The van der Waals surface area contributed by atoms with Crippen molar-refractivity contribution in [3.8, 4) is 0 Å². The Bertz CT molecular complexity index is 561. The maximum atomic E-state index is 5.97. The van der Waals surface area contributed by atoms with Gasteiger partial charge in [0, 0.05) is 4.47 Å². The Morgan fingerprint density at radius 3 is 2.53 bits per heavy atom. The van der Waals surface area contributed by atoms with Crippen LogP contribution >= 0.6 is 31.9 Å². The molecular weight excluding hydrogens is 346 g/mol. The molecule has 0 bridgehead atoms. The highest BCUT2D eigenvalue weighted by atomic mass is 79.9. The Labute approximate surface area is 117 Å². The zero-order valence-electron chi connectivity index (χ0n) is 9.67. The van der Waals surface area contributed by atoms with Crippen molar-refractivity contribution >= 4 is 37.7 Å². The summed E-state index contributed by atoms with van der Waals surface area (Å²) in [5.74, 6) is 0.662. The summed E-state index contributed by atoms with van der Waals surface area (Å²) in [6.45, 7) is 4.66. The van der Waals surface area contributed by atoms with Crippen LogP contribution in [0, 0.1) is 13.8 Å². The minimum absolute atomic E-state index is 0.662. The molecule has 90 valence electrons. The molecule has 0 unspecified atom stereocenters. The van der Waals surface area contributed by atoms with Gasteiger partial charge in [-0.3, -0.25) is 0 Å². The minimum Gasteiger partial charge on any atom is -0.383 e. The molecule has 2 N–H and O–H groups in total. The van der Waals surface area contributed by atoms with E-state index < -0.39 is 0 Å². The second kappa shape index (κ2) is 4.82. The number of anilines is 1. The lowest BCUT2D eigenvalue weighted by molar-refractivity contribution is 0.687. The van der Waals surface area contributed by atoms with Gasteiger partial charge in [0.15, 0.2) is 0 Å². The van der Waals surface area contributed by atoms with E-state index in [1.165, 1.54) is 5.56 Å². The van der Waals surface area contributed by atoms with E-state index in [-0.39, 0.29) is 0 Å². The monoisotopic (exact) mass is 357 g/mol. The number of hydrogen-bond acceptors (Lipinski definition) is 2. The molecule has 0 aliphatic carbocycles. The van der Waals surface area contributed by atoms with Crippen LogP contribution in [0.15, 0.2) is 27.1 Å². The topological polar surface area (TPSA) is 43.8 Å². The molecule has 1 heterocycles. The molecule has 5 heteroatoms. The predicted octanol–water partition coefficient (Wildman–Crippen LogP) is 3.66. The van der Waals surface area contributed by atoms with Crippen LogP contribution < -0.4 is 5.73 Å². The fraction of sp³-hybridized carbons (Fsp3) is 0.250.